The van der Waals surface area contributed by atoms with Crippen LogP contribution >= 0.6 is 0 Å². The number of para-hydroxylation sites is 5. The van der Waals surface area contributed by atoms with Crippen LogP contribution in [-0.4, -0.2) is 28.2 Å². The lowest BCUT2D eigenvalue weighted by atomic mass is 10.1. The molecular formula is C53H36N6. The van der Waals surface area contributed by atoms with Crippen molar-refractivity contribution in [1.82, 2.24) is 28.2 Å². The van der Waals surface area contributed by atoms with Crippen molar-refractivity contribution in [3.63, 3.8) is 0 Å². The van der Waals surface area contributed by atoms with Crippen molar-refractivity contribution in [2.24, 2.45) is 0 Å². The lowest BCUT2D eigenvalue weighted by Gasteiger charge is -2.14. The van der Waals surface area contributed by atoms with E-state index in [9.17, 15) is 0 Å². The molecule has 0 aliphatic carbocycles. The summed E-state index contributed by atoms with van der Waals surface area (Å²) in [7, 11) is 0. The average molecular weight is 757 g/mol. The van der Waals surface area contributed by atoms with E-state index in [1.54, 1.807) is 0 Å². The van der Waals surface area contributed by atoms with Crippen LogP contribution in [0.25, 0.3) is 105 Å². The molecule has 0 spiro atoms. The Morgan fingerprint density at radius 1 is 0.407 bits per heavy atom. The zero-order valence-electron chi connectivity index (χ0n) is 32.3. The van der Waals surface area contributed by atoms with Crippen LogP contribution in [0.1, 0.15) is 11.3 Å². The predicted molar refractivity (Wildman–Crippen MR) is 246 cm³/mol. The highest BCUT2D eigenvalue weighted by Gasteiger charge is 2.25. The summed E-state index contributed by atoms with van der Waals surface area (Å²) < 4.78 is 9.37. The molecule has 0 atom stereocenters. The van der Waals surface area contributed by atoms with Gasteiger partial charge in [-0.05, 0) is 49.4 Å². The SMILES string of the molecule is C=C/C=C\c1c(C)n(-c2ncc(-n3c4ccccc4c4ccc5c6ccccc6n(-c6ccccc6)c5c43)cn2)c2c1ccc1c3ccccc3n(-c3ccccc3)c12. The molecule has 0 unspecified atom stereocenters. The molecule has 0 saturated carbocycles. The number of hydrogen-bond acceptors (Lipinski definition) is 2. The largest absolute Gasteiger partial charge is 0.307 e. The van der Waals surface area contributed by atoms with Gasteiger partial charge in [-0.25, -0.2) is 9.97 Å². The van der Waals surface area contributed by atoms with Gasteiger partial charge >= 0.3 is 0 Å². The van der Waals surface area contributed by atoms with E-state index >= 15 is 0 Å². The van der Waals surface area contributed by atoms with Crippen molar-refractivity contribution in [3.05, 3.63) is 200 Å². The van der Waals surface area contributed by atoms with Gasteiger partial charge in [0.05, 0.1) is 56.7 Å². The Hall–Kier alpha value is -7.96. The standard InChI is InChI=1S/C53H36N6/c1-3-4-21-38-34(2)56(49-42(38)28-29-43-39-22-11-14-25-46(39)57(50(43)49)35-17-7-5-8-18-35)53-54-32-37(33-55-53)59-48-27-16-13-24-41(48)45-31-30-44-40-23-12-15-26-47(40)58(51(44)52(45)59)36-19-9-6-10-20-36/h3-33H,1H2,2H3/b21-4-. The molecule has 5 heterocycles. The molecule has 0 aliphatic heterocycles. The summed E-state index contributed by atoms with van der Waals surface area (Å²) >= 11 is 0. The minimum atomic E-state index is 0.608. The zero-order chi connectivity index (χ0) is 39.2. The van der Waals surface area contributed by atoms with E-state index in [2.05, 4.69) is 196 Å². The summed E-state index contributed by atoms with van der Waals surface area (Å²) in [6, 6.07) is 56.3. The van der Waals surface area contributed by atoms with Crippen LogP contribution in [0.2, 0.25) is 0 Å². The zero-order valence-corrected chi connectivity index (χ0v) is 32.3. The highest BCUT2D eigenvalue weighted by molar-refractivity contribution is 6.24. The second-order valence-electron chi connectivity index (χ2n) is 15.1. The number of benzene rings is 7. The summed E-state index contributed by atoms with van der Waals surface area (Å²) in [6.45, 7) is 6.15. The molecule has 0 amide bonds. The summed E-state index contributed by atoms with van der Waals surface area (Å²) in [6.07, 6.45) is 9.95. The van der Waals surface area contributed by atoms with Crippen LogP contribution in [0.4, 0.5) is 0 Å². The van der Waals surface area contributed by atoms with E-state index in [1.165, 1.54) is 37.8 Å². The van der Waals surface area contributed by atoms with Crippen LogP contribution < -0.4 is 0 Å². The molecule has 0 N–H and O–H groups in total. The minimum Gasteiger partial charge on any atom is -0.307 e. The Kier molecular flexibility index (Phi) is 7.19. The quantitative estimate of drug-likeness (QED) is 0.159. The molecule has 5 aromatic heterocycles. The Balaban J connectivity index is 1.16. The lowest BCUT2D eigenvalue weighted by molar-refractivity contribution is 0.916. The number of nitrogens with zero attached hydrogens (tertiary/aromatic N) is 6. The van der Waals surface area contributed by atoms with Gasteiger partial charge in [-0.2, -0.15) is 0 Å². The van der Waals surface area contributed by atoms with Gasteiger partial charge in [-0.1, -0.05) is 140 Å². The molecule has 6 nitrogen and oxygen atoms in total. The maximum absolute atomic E-state index is 5.26. The lowest BCUT2D eigenvalue weighted by Crippen LogP contribution is -2.06. The summed E-state index contributed by atoms with van der Waals surface area (Å²) in [4.78, 5) is 10.5. The summed E-state index contributed by atoms with van der Waals surface area (Å²) in [5.74, 6) is 0.608. The molecule has 0 fully saturated rings. The van der Waals surface area contributed by atoms with Crippen LogP contribution in [0.3, 0.4) is 0 Å². The topological polar surface area (TPSA) is 45.5 Å². The van der Waals surface area contributed by atoms with E-state index in [0.717, 1.165) is 66.8 Å². The van der Waals surface area contributed by atoms with Gasteiger partial charge in [0.15, 0.2) is 0 Å². The molecule has 0 bridgehead atoms. The molecule has 278 valence electrons. The van der Waals surface area contributed by atoms with Gasteiger partial charge in [0.2, 0.25) is 5.95 Å². The average Bonchev–Trinajstić information content (AvgIpc) is 4.01. The molecule has 6 heteroatoms. The highest BCUT2D eigenvalue weighted by atomic mass is 15.2. The van der Waals surface area contributed by atoms with Crippen LogP contribution in [0, 0.1) is 6.92 Å². The van der Waals surface area contributed by atoms with Crippen LogP contribution in [0.5, 0.6) is 0 Å². The summed E-state index contributed by atoms with van der Waals surface area (Å²) in [5.41, 5.74) is 13.1. The Morgan fingerprint density at radius 2 is 0.797 bits per heavy atom. The van der Waals surface area contributed by atoms with Crippen molar-refractivity contribution in [1.29, 1.82) is 0 Å². The maximum atomic E-state index is 5.26. The first kappa shape index (κ1) is 33.2. The van der Waals surface area contributed by atoms with E-state index < -0.39 is 0 Å². The fourth-order valence-electron chi connectivity index (χ4n) is 9.60. The fraction of sp³-hybridized carbons (Fsp3) is 0.0189. The van der Waals surface area contributed by atoms with E-state index in [4.69, 9.17) is 9.97 Å². The molecule has 7 aromatic carbocycles. The maximum Gasteiger partial charge on any atom is 0.234 e. The summed E-state index contributed by atoms with van der Waals surface area (Å²) in [5, 5.41) is 8.27. The Labute approximate surface area is 339 Å². The second kappa shape index (κ2) is 12.8. The molecule has 0 saturated heterocycles. The normalized spacial score (nSPS) is 12.2. The third kappa shape index (κ3) is 4.68. The van der Waals surface area contributed by atoms with Crippen molar-refractivity contribution in [3.8, 4) is 23.0 Å². The Morgan fingerprint density at radius 3 is 1.25 bits per heavy atom. The third-order valence-electron chi connectivity index (χ3n) is 12.0. The third-order valence-corrected chi connectivity index (χ3v) is 12.0. The first-order chi connectivity index (χ1) is 29.2. The molecule has 59 heavy (non-hydrogen) atoms. The number of fused-ring (bicyclic) bond motifs is 12. The molecule has 0 aliphatic rings. The minimum absolute atomic E-state index is 0.608. The highest BCUT2D eigenvalue weighted by Crippen LogP contribution is 2.43. The van der Waals surface area contributed by atoms with Gasteiger partial charge < -0.3 is 13.7 Å². The second-order valence-corrected chi connectivity index (χ2v) is 15.1. The van der Waals surface area contributed by atoms with Gasteiger partial charge in [0, 0.05) is 60.3 Å². The number of hydrogen-bond donors (Lipinski definition) is 0. The van der Waals surface area contributed by atoms with Crippen LogP contribution in [-0.2, 0) is 0 Å². The number of allylic oxidation sites excluding steroid dienone is 2. The molecule has 12 aromatic rings. The first-order valence-corrected chi connectivity index (χ1v) is 20.0. The fourth-order valence-corrected chi connectivity index (χ4v) is 9.60. The van der Waals surface area contributed by atoms with E-state index in [0.29, 0.717) is 5.95 Å². The van der Waals surface area contributed by atoms with Gasteiger partial charge in [0.25, 0.3) is 0 Å². The smallest absolute Gasteiger partial charge is 0.234 e. The number of rotatable bonds is 6. The predicted octanol–water partition coefficient (Wildman–Crippen LogP) is 13.2. The monoisotopic (exact) mass is 756 g/mol. The van der Waals surface area contributed by atoms with Crippen molar-refractivity contribution >= 4 is 82.4 Å². The molecule has 12 rings (SSSR count). The molecular weight excluding hydrogens is 721 g/mol. The Bertz CT molecular complexity index is 3670. The molecule has 0 radical (unpaired) electrons. The van der Waals surface area contributed by atoms with Crippen molar-refractivity contribution in [2.45, 2.75) is 6.92 Å². The number of aromatic nitrogens is 6. The van der Waals surface area contributed by atoms with Crippen molar-refractivity contribution in [2.75, 3.05) is 0 Å². The van der Waals surface area contributed by atoms with Gasteiger partial charge in [0.1, 0.15) is 0 Å². The van der Waals surface area contributed by atoms with Gasteiger partial charge in [-0.3, -0.25) is 4.57 Å². The van der Waals surface area contributed by atoms with Gasteiger partial charge in [-0.15, -0.1) is 0 Å². The van der Waals surface area contributed by atoms with E-state index in [1.807, 2.05) is 24.5 Å². The first-order valence-electron chi connectivity index (χ1n) is 20.0. The van der Waals surface area contributed by atoms with E-state index in [-0.39, 0.29) is 0 Å². The van der Waals surface area contributed by atoms with Crippen LogP contribution in [0.15, 0.2) is 189 Å². The van der Waals surface area contributed by atoms with Crippen molar-refractivity contribution < 1.29 is 0 Å².